The highest BCUT2D eigenvalue weighted by Crippen LogP contribution is 2.27. The van der Waals surface area contributed by atoms with Gasteiger partial charge in [0.15, 0.2) is 0 Å². The standard InChI is InChI=1S/C22H29N3O2/c1-3-4-17-27-19-11-9-18(10-12-19)22(26)23-20-7-5-6-8-21(20)25-15-13-24(2)14-16-25/h5-12H,3-4,13-17H2,1-2H3,(H,23,26). The molecule has 5 nitrogen and oxygen atoms in total. The molecule has 5 heteroatoms. The first-order valence-corrected chi connectivity index (χ1v) is 9.74. The number of amides is 1. The van der Waals surface area contributed by atoms with Crippen molar-refractivity contribution in [1.29, 1.82) is 0 Å². The van der Waals surface area contributed by atoms with E-state index in [-0.39, 0.29) is 5.91 Å². The number of carbonyl (C=O) groups is 1. The Labute approximate surface area is 161 Å². The highest BCUT2D eigenvalue weighted by molar-refractivity contribution is 6.06. The van der Waals surface area contributed by atoms with Crippen molar-refractivity contribution < 1.29 is 9.53 Å². The van der Waals surface area contributed by atoms with Crippen molar-refractivity contribution in [1.82, 2.24) is 4.90 Å². The number of hydrogen-bond acceptors (Lipinski definition) is 4. The van der Waals surface area contributed by atoms with Crippen molar-refractivity contribution in [2.75, 3.05) is 50.1 Å². The summed E-state index contributed by atoms with van der Waals surface area (Å²) >= 11 is 0. The van der Waals surface area contributed by atoms with Gasteiger partial charge < -0.3 is 19.9 Å². The SMILES string of the molecule is CCCCOc1ccc(C(=O)Nc2ccccc2N2CCN(C)CC2)cc1. The Morgan fingerprint density at radius 3 is 2.44 bits per heavy atom. The van der Waals surface area contributed by atoms with Gasteiger partial charge in [0.05, 0.1) is 18.0 Å². The van der Waals surface area contributed by atoms with E-state index >= 15 is 0 Å². The lowest BCUT2D eigenvalue weighted by atomic mass is 10.1. The van der Waals surface area contributed by atoms with Crippen LogP contribution in [0.25, 0.3) is 0 Å². The molecule has 27 heavy (non-hydrogen) atoms. The minimum absolute atomic E-state index is 0.100. The maximum atomic E-state index is 12.7. The summed E-state index contributed by atoms with van der Waals surface area (Å²) in [6.45, 7) is 6.83. The fourth-order valence-electron chi connectivity index (χ4n) is 3.13. The number of benzene rings is 2. The van der Waals surface area contributed by atoms with Gasteiger partial charge in [0, 0.05) is 31.7 Å². The Bertz CT molecular complexity index is 737. The van der Waals surface area contributed by atoms with Crippen LogP contribution in [0.15, 0.2) is 48.5 Å². The van der Waals surface area contributed by atoms with Crippen LogP contribution < -0.4 is 15.0 Å². The Hall–Kier alpha value is -2.53. The third-order valence-electron chi connectivity index (χ3n) is 4.88. The number of hydrogen-bond donors (Lipinski definition) is 1. The second-order valence-corrected chi connectivity index (χ2v) is 6.99. The zero-order chi connectivity index (χ0) is 19.1. The molecule has 2 aromatic carbocycles. The zero-order valence-electron chi connectivity index (χ0n) is 16.3. The first-order chi connectivity index (χ1) is 13.2. The molecule has 0 aliphatic carbocycles. The van der Waals surface area contributed by atoms with Crippen molar-refractivity contribution in [2.45, 2.75) is 19.8 Å². The molecule has 0 aromatic heterocycles. The van der Waals surface area contributed by atoms with Crippen LogP contribution in [-0.4, -0.2) is 50.6 Å². The molecule has 1 aliphatic rings. The molecule has 0 bridgehead atoms. The molecule has 1 heterocycles. The summed E-state index contributed by atoms with van der Waals surface area (Å²) in [5, 5.41) is 3.07. The number of rotatable bonds is 7. The van der Waals surface area contributed by atoms with E-state index in [9.17, 15) is 4.79 Å². The number of nitrogens with zero attached hydrogens (tertiary/aromatic N) is 2. The van der Waals surface area contributed by atoms with E-state index in [1.165, 1.54) is 0 Å². The van der Waals surface area contributed by atoms with Crippen molar-refractivity contribution in [2.24, 2.45) is 0 Å². The average Bonchev–Trinajstić information content (AvgIpc) is 2.70. The molecule has 3 rings (SSSR count). The van der Waals surface area contributed by atoms with Gasteiger partial charge in [0.1, 0.15) is 5.75 Å². The summed E-state index contributed by atoms with van der Waals surface area (Å²) in [5.41, 5.74) is 2.57. The van der Waals surface area contributed by atoms with Crippen LogP contribution in [0.3, 0.4) is 0 Å². The van der Waals surface area contributed by atoms with Gasteiger partial charge in [-0.25, -0.2) is 0 Å². The van der Waals surface area contributed by atoms with Crippen LogP contribution >= 0.6 is 0 Å². The quantitative estimate of drug-likeness (QED) is 0.755. The lowest BCUT2D eigenvalue weighted by Crippen LogP contribution is -2.44. The summed E-state index contributed by atoms with van der Waals surface area (Å²) in [6, 6.07) is 15.4. The van der Waals surface area contributed by atoms with E-state index in [1.807, 2.05) is 42.5 Å². The van der Waals surface area contributed by atoms with E-state index in [0.717, 1.165) is 56.1 Å². The third-order valence-corrected chi connectivity index (χ3v) is 4.88. The molecule has 0 atom stereocenters. The molecule has 2 aromatic rings. The van der Waals surface area contributed by atoms with Crippen molar-refractivity contribution in [3.63, 3.8) is 0 Å². The average molecular weight is 367 g/mol. The maximum absolute atomic E-state index is 12.7. The monoisotopic (exact) mass is 367 g/mol. The Morgan fingerprint density at radius 1 is 1.04 bits per heavy atom. The van der Waals surface area contributed by atoms with Gasteiger partial charge in [-0.3, -0.25) is 4.79 Å². The molecule has 1 N–H and O–H groups in total. The van der Waals surface area contributed by atoms with Crippen LogP contribution in [0.5, 0.6) is 5.75 Å². The van der Waals surface area contributed by atoms with Gasteiger partial charge in [0.2, 0.25) is 0 Å². The smallest absolute Gasteiger partial charge is 0.255 e. The topological polar surface area (TPSA) is 44.8 Å². The van der Waals surface area contributed by atoms with E-state index in [0.29, 0.717) is 12.2 Å². The molecule has 0 radical (unpaired) electrons. The van der Waals surface area contributed by atoms with Gasteiger partial charge in [-0.05, 0) is 49.9 Å². The summed E-state index contributed by atoms with van der Waals surface area (Å²) in [5.74, 6) is 0.703. The second kappa shape index (κ2) is 9.42. The normalized spacial score (nSPS) is 14.8. The summed E-state index contributed by atoms with van der Waals surface area (Å²) in [7, 11) is 2.14. The molecule has 1 fully saturated rings. The minimum Gasteiger partial charge on any atom is -0.494 e. The Balaban J connectivity index is 1.65. The van der Waals surface area contributed by atoms with Crippen LogP contribution in [0.2, 0.25) is 0 Å². The number of unbranched alkanes of at least 4 members (excludes halogenated alkanes) is 1. The highest BCUT2D eigenvalue weighted by Gasteiger charge is 2.18. The fraction of sp³-hybridized carbons (Fsp3) is 0.409. The largest absolute Gasteiger partial charge is 0.494 e. The van der Waals surface area contributed by atoms with Crippen molar-refractivity contribution >= 4 is 17.3 Å². The summed E-state index contributed by atoms with van der Waals surface area (Å²) in [4.78, 5) is 17.3. The van der Waals surface area contributed by atoms with Gasteiger partial charge in [-0.1, -0.05) is 25.5 Å². The first kappa shape index (κ1) is 19.2. The summed E-state index contributed by atoms with van der Waals surface area (Å²) in [6.07, 6.45) is 2.14. The predicted octanol–water partition coefficient (Wildman–Crippen LogP) is 3.87. The molecule has 1 saturated heterocycles. The third kappa shape index (κ3) is 5.23. The van der Waals surface area contributed by atoms with E-state index in [4.69, 9.17) is 4.74 Å². The molecule has 0 spiro atoms. The summed E-state index contributed by atoms with van der Waals surface area (Å²) < 4.78 is 5.66. The second-order valence-electron chi connectivity index (χ2n) is 6.99. The number of ether oxygens (including phenoxy) is 1. The molecule has 0 saturated carbocycles. The van der Waals surface area contributed by atoms with E-state index in [1.54, 1.807) is 0 Å². The highest BCUT2D eigenvalue weighted by atomic mass is 16.5. The van der Waals surface area contributed by atoms with Gasteiger partial charge >= 0.3 is 0 Å². The molecule has 0 unspecified atom stereocenters. The van der Waals surface area contributed by atoms with Crippen LogP contribution in [-0.2, 0) is 0 Å². The lowest BCUT2D eigenvalue weighted by Gasteiger charge is -2.35. The minimum atomic E-state index is -0.100. The number of carbonyl (C=O) groups excluding carboxylic acids is 1. The number of para-hydroxylation sites is 2. The van der Waals surface area contributed by atoms with Crippen molar-refractivity contribution in [3.05, 3.63) is 54.1 Å². The fourth-order valence-corrected chi connectivity index (χ4v) is 3.13. The molecular formula is C22H29N3O2. The van der Waals surface area contributed by atoms with Crippen LogP contribution in [0.1, 0.15) is 30.1 Å². The lowest BCUT2D eigenvalue weighted by molar-refractivity contribution is 0.102. The molecular weight excluding hydrogens is 338 g/mol. The number of piperazine rings is 1. The number of likely N-dealkylation sites (N-methyl/N-ethyl adjacent to an activating group) is 1. The Morgan fingerprint density at radius 2 is 1.74 bits per heavy atom. The van der Waals surface area contributed by atoms with Gasteiger partial charge in [-0.15, -0.1) is 0 Å². The van der Waals surface area contributed by atoms with Crippen molar-refractivity contribution in [3.8, 4) is 5.75 Å². The predicted molar refractivity (Wildman–Crippen MR) is 111 cm³/mol. The Kier molecular flexibility index (Phi) is 6.71. The maximum Gasteiger partial charge on any atom is 0.255 e. The first-order valence-electron chi connectivity index (χ1n) is 9.74. The molecule has 1 amide bonds. The van der Waals surface area contributed by atoms with E-state index < -0.39 is 0 Å². The van der Waals surface area contributed by atoms with Crippen LogP contribution in [0.4, 0.5) is 11.4 Å². The van der Waals surface area contributed by atoms with Gasteiger partial charge in [-0.2, -0.15) is 0 Å². The van der Waals surface area contributed by atoms with Crippen LogP contribution in [0, 0.1) is 0 Å². The number of anilines is 2. The molecule has 144 valence electrons. The van der Waals surface area contributed by atoms with E-state index in [2.05, 4.69) is 35.2 Å². The zero-order valence-corrected chi connectivity index (χ0v) is 16.3. The van der Waals surface area contributed by atoms with Gasteiger partial charge in [0.25, 0.3) is 5.91 Å². The number of nitrogens with one attached hydrogen (secondary N) is 1. The molecule has 1 aliphatic heterocycles.